The van der Waals surface area contributed by atoms with Gasteiger partial charge >= 0.3 is 0 Å². The number of benzene rings is 2. The molecule has 0 fully saturated rings. The summed E-state index contributed by atoms with van der Waals surface area (Å²) in [5, 5.41) is 1.15. The van der Waals surface area contributed by atoms with Crippen molar-refractivity contribution in [3.8, 4) is 0 Å². The second-order valence-corrected chi connectivity index (χ2v) is 5.64. The van der Waals surface area contributed by atoms with Crippen LogP contribution in [0.3, 0.4) is 0 Å². The van der Waals surface area contributed by atoms with Gasteiger partial charge in [0.1, 0.15) is 0 Å². The Balaban J connectivity index is 1.89. The molecule has 0 aliphatic rings. The second-order valence-electron chi connectivity index (χ2n) is 5.64. The zero-order chi connectivity index (χ0) is 14.8. The van der Waals surface area contributed by atoms with Gasteiger partial charge in [0, 0.05) is 17.1 Å². The van der Waals surface area contributed by atoms with E-state index in [1.807, 2.05) is 13.0 Å². The molecule has 21 heavy (non-hydrogen) atoms. The van der Waals surface area contributed by atoms with Crippen LogP contribution in [0.4, 0.5) is 0 Å². The molecule has 2 heteroatoms. The fraction of sp³-hybridized carbons (Fsp3) is 0.211. The highest BCUT2D eigenvalue weighted by Crippen LogP contribution is 2.22. The van der Waals surface area contributed by atoms with Gasteiger partial charge in [-0.25, -0.2) is 0 Å². The minimum Gasteiger partial charge on any atom is -0.324 e. The van der Waals surface area contributed by atoms with Gasteiger partial charge in [-0.05, 0) is 55.2 Å². The van der Waals surface area contributed by atoms with Crippen molar-refractivity contribution in [1.82, 2.24) is 4.98 Å². The first-order valence-corrected chi connectivity index (χ1v) is 7.31. The van der Waals surface area contributed by atoms with Crippen molar-refractivity contribution in [2.24, 2.45) is 5.73 Å². The molecule has 2 aromatic carbocycles. The number of rotatable bonds is 3. The molecule has 0 saturated heterocycles. The zero-order valence-electron chi connectivity index (χ0n) is 12.5. The minimum atomic E-state index is 0.0109. The molecule has 1 atom stereocenters. The van der Waals surface area contributed by atoms with E-state index in [-0.39, 0.29) is 6.04 Å². The predicted octanol–water partition coefficient (Wildman–Crippen LogP) is 4.09. The third kappa shape index (κ3) is 2.96. The molecule has 1 unspecified atom stereocenters. The fourth-order valence-corrected chi connectivity index (χ4v) is 2.67. The molecule has 0 aliphatic heterocycles. The van der Waals surface area contributed by atoms with Gasteiger partial charge in [0.15, 0.2) is 0 Å². The van der Waals surface area contributed by atoms with Gasteiger partial charge in [0.2, 0.25) is 0 Å². The first-order chi connectivity index (χ1) is 10.1. The molecule has 0 aliphatic carbocycles. The van der Waals surface area contributed by atoms with Crippen LogP contribution in [0.5, 0.6) is 0 Å². The van der Waals surface area contributed by atoms with E-state index in [0.29, 0.717) is 0 Å². The van der Waals surface area contributed by atoms with Gasteiger partial charge in [-0.15, -0.1) is 0 Å². The van der Waals surface area contributed by atoms with Crippen LogP contribution in [0.2, 0.25) is 0 Å². The topological polar surface area (TPSA) is 38.9 Å². The van der Waals surface area contributed by atoms with Gasteiger partial charge in [0.25, 0.3) is 0 Å². The molecule has 0 saturated carbocycles. The summed E-state index contributed by atoms with van der Waals surface area (Å²) in [6.45, 7) is 4.15. The minimum absolute atomic E-state index is 0.0109. The zero-order valence-corrected chi connectivity index (χ0v) is 12.5. The molecule has 0 bridgehead atoms. The normalized spacial score (nSPS) is 12.5. The first-order valence-electron chi connectivity index (χ1n) is 7.31. The molecular formula is C19H20N2. The Morgan fingerprint density at radius 1 is 1.00 bits per heavy atom. The number of hydrogen-bond donors (Lipinski definition) is 1. The van der Waals surface area contributed by atoms with E-state index in [1.54, 1.807) is 0 Å². The number of nitrogens with zero attached hydrogens (tertiary/aromatic N) is 1. The predicted molar refractivity (Wildman–Crippen MR) is 88.3 cm³/mol. The maximum absolute atomic E-state index is 6.40. The molecule has 3 aromatic rings. The van der Waals surface area contributed by atoms with Crippen molar-refractivity contribution in [2.45, 2.75) is 26.3 Å². The Bertz CT molecular complexity index is 777. The number of pyridine rings is 1. The molecule has 1 heterocycles. The molecule has 2 N–H and O–H groups in total. The lowest BCUT2D eigenvalue weighted by Gasteiger charge is -2.14. The number of aryl methyl sites for hydroxylation is 2. The summed E-state index contributed by atoms with van der Waals surface area (Å²) >= 11 is 0. The summed E-state index contributed by atoms with van der Waals surface area (Å²) in [5.74, 6) is 0. The van der Waals surface area contributed by atoms with Crippen LogP contribution >= 0.6 is 0 Å². The van der Waals surface area contributed by atoms with Crippen molar-refractivity contribution in [1.29, 1.82) is 0 Å². The quantitative estimate of drug-likeness (QED) is 0.782. The van der Waals surface area contributed by atoms with Crippen LogP contribution in [0, 0.1) is 13.8 Å². The standard InChI is InChI=1S/C19H20N2/c1-13-5-3-4-6-15(13)12-18(20)16-9-10-19-17(11-16)8-7-14(2)21-19/h3-11,18H,12,20H2,1-2H3. The molecule has 0 spiro atoms. The monoisotopic (exact) mass is 276 g/mol. The Morgan fingerprint density at radius 3 is 2.62 bits per heavy atom. The summed E-state index contributed by atoms with van der Waals surface area (Å²) in [4.78, 5) is 4.53. The van der Waals surface area contributed by atoms with Crippen LogP contribution < -0.4 is 5.73 Å². The van der Waals surface area contributed by atoms with Gasteiger partial charge in [-0.3, -0.25) is 4.98 Å². The van der Waals surface area contributed by atoms with E-state index in [4.69, 9.17) is 5.73 Å². The fourth-order valence-electron chi connectivity index (χ4n) is 2.67. The lowest BCUT2D eigenvalue weighted by molar-refractivity contribution is 0.720. The number of fused-ring (bicyclic) bond motifs is 1. The molecule has 2 nitrogen and oxygen atoms in total. The van der Waals surface area contributed by atoms with Crippen molar-refractivity contribution in [3.63, 3.8) is 0 Å². The second kappa shape index (κ2) is 5.66. The highest BCUT2D eigenvalue weighted by Gasteiger charge is 2.09. The van der Waals surface area contributed by atoms with Crippen molar-refractivity contribution in [3.05, 3.63) is 77.0 Å². The van der Waals surface area contributed by atoms with Gasteiger partial charge in [0.05, 0.1) is 5.52 Å². The average molecular weight is 276 g/mol. The Labute approximate surface area is 125 Å². The summed E-state index contributed by atoms with van der Waals surface area (Å²) in [6.07, 6.45) is 0.859. The van der Waals surface area contributed by atoms with Crippen LogP contribution in [0.1, 0.15) is 28.4 Å². The summed E-state index contributed by atoms with van der Waals surface area (Å²) in [5.41, 5.74) is 12.2. The molecular weight excluding hydrogens is 256 g/mol. The molecule has 1 aromatic heterocycles. The molecule has 0 radical (unpaired) electrons. The van der Waals surface area contributed by atoms with Gasteiger partial charge in [-0.1, -0.05) is 36.4 Å². The third-order valence-electron chi connectivity index (χ3n) is 3.98. The van der Waals surface area contributed by atoms with Crippen LogP contribution in [-0.2, 0) is 6.42 Å². The van der Waals surface area contributed by atoms with Crippen LogP contribution in [0.15, 0.2) is 54.6 Å². The Kier molecular flexibility index (Phi) is 3.72. The van der Waals surface area contributed by atoms with Crippen molar-refractivity contribution < 1.29 is 0 Å². The molecule has 0 amide bonds. The van der Waals surface area contributed by atoms with E-state index in [1.165, 1.54) is 11.1 Å². The van der Waals surface area contributed by atoms with Gasteiger partial charge < -0.3 is 5.73 Å². The summed E-state index contributed by atoms with van der Waals surface area (Å²) < 4.78 is 0. The van der Waals surface area contributed by atoms with E-state index >= 15 is 0 Å². The van der Waals surface area contributed by atoms with Crippen molar-refractivity contribution in [2.75, 3.05) is 0 Å². The van der Waals surface area contributed by atoms with Crippen LogP contribution in [-0.4, -0.2) is 4.98 Å². The maximum Gasteiger partial charge on any atom is 0.0705 e. The first kappa shape index (κ1) is 13.8. The maximum atomic E-state index is 6.40. The summed E-state index contributed by atoms with van der Waals surface area (Å²) in [6, 6.07) is 18.9. The average Bonchev–Trinajstić information content (AvgIpc) is 2.49. The molecule has 3 rings (SSSR count). The van der Waals surface area contributed by atoms with Crippen molar-refractivity contribution >= 4 is 10.9 Å². The Morgan fingerprint density at radius 2 is 1.81 bits per heavy atom. The van der Waals surface area contributed by atoms with E-state index in [9.17, 15) is 0 Å². The lowest BCUT2D eigenvalue weighted by atomic mass is 9.96. The van der Waals surface area contributed by atoms with E-state index in [2.05, 4.69) is 60.4 Å². The van der Waals surface area contributed by atoms with E-state index in [0.717, 1.165) is 28.6 Å². The van der Waals surface area contributed by atoms with E-state index < -0.39 is 0 Å². The number of hydrogen-bond acceptors (Lipinski definition) is 2. The molecule has 106 valence electrons. The summed E-state index contributed by atoms with van der Waals surface area (Å²) in [7, 11) is 0. The lowest BCUT2D eigenvalue weighted by Crippen LogP contribution is -2.14. The largest absolute Gasteiger partial charge is 0.324 e. The highest BCUT2D eigenvalue weighted by molar-refractivity contribution is 5.79. The number of nitrogens with two attached hydrogens (primary N) is 1. The van der Waals surface area contributed by atoms with Crippen LogP contribution in [0.25, 0.3) is 10.9 Å². The highest BCUT2D eigenvalue weighted by atomic mass is 14.7. The third-order valence-corrected chi connectivity index (χ3v) is 3.98. The smallest absolute Gasteiger partial charge is 0.0705 e. The van der Waals surface area contributed by atoms with Gasteiger partial charge in [-0.2, -0.15) is 0 Å². The number of aromatic nitrogens is 1. The Hall–Kier alpha value is -2.19. The SMILES string of the molecule is Cc1ccc2cc(C(N)Cc3ccccc3C)ccc2n1.